The lowest BCUT2D eigenvalue weighted by Gasteiger charge is -2.00. The number of hydrogen-bond acceptors (Lipinski definition) is 6. The third-order valence-electron chi connectivity index (χ3n) is 2.17. The van der Waals surface area contributed by atoms with Crippen LogP contribution in [0.15, 0.2) is 36.4 Å². The lowest BCUT2D eigenvalue weighted by molar-refractivity contribution is 1.65. The molecule has 12 N–H and O–H groups in total. The zero-order valence-electron chi connectivity index (χ0n) is 9.93. The molecular weight excluding hydrogens is 228 g/mol. The molecule has 2 rings (SSSR count). The Labute approximate surface area is 106 Å². The van der Waals surface area contributed by atoms with E-state index >= 15 is 0 Å². The maximum Gasteiger partial charge on any atom is 0.0781 e. The zero-order valence-corrected chi connectivity index (χ0v) is 9.93. The second kappa shape index (κ2) is 5.53. The van der Waals surface area contributed by atoms with Gasteiger partial charge in [0.1, 0.15) is 0 Å². The fourth-order valence-corrected chi connectivity index (χ4v) is 1.30. The van der Waals surface area contributed by atoms with Crippen LogP contribution in [-0.4, -0.2) is 0 Å². The summed E-state index contributed by atoms with van der Waals surface area (Å²) in [7, 11) is 0. The molecule has 2 aromatic rings. The van der Waals surface area contributed by atoms with Crippen molar-refractivity contribution in [2.45, 2.75) is 0 Å². The highest BCUT2D eigenvalue weighted by Crippen LogP contribution is 2.20. The van der Waals surface area contributed by atoms with E-state index in [1.54, 1.807) is 36.4 Å². The zero-order chi connectivity index (χ0) is 13.7. The van der Waals surface area contributed by atoms with Crippen LogP contribution in [0.5, 0.6) is 0 Å². The number of benzene rings is 2. The van der Waals surface area contributed by atoms with Crippen molar-refractivity contribution in [2.24, 2.45) is 0 Å². The third-order valence-corrected chi connectivity index (χ3v) is 2.17. The van der Waals surface area contributed by atoms with E-state index in [0.717, 1.165) is 0 Å². The van der Waals surface area contributed by atoms with Gasteiger partial charge < -0.3 is 34.4 Å². The van der Waals surface area contributed by atoms with Crippen molar-refractivity contribution >= 4 is 34.1 Å². The van der Waals surface area contributed by atoms with Crippen LogP contribution in [0.4, 0.5) is 34.1 Å². The van der Waals surface area contributed by atoms with Crippen LogP contribution in [0.1, 0.15) is 0 Å². The van der Waals surface area contributed by atoms with Gasteiger partial charge in [-0.15, -0.1) is 0 Å². The van der Waals surface area contributed by atoms with E-state index < -0.39 is 0 Å². The third kappa shape index (κ3) is 3.67. The molecule has 0 aliphatic rings. The van der Waals surface area contributed by atoms with Crippen LogP contribution in [0.2, 0.25) is 0 Å². The Morgan fingerprint density at radius 3 is 1.17 bits per heavy atom. The van der Waals surface area contributed by atoms with Crippen molar-refractivity contribution < 1.29 is 0 Å². The molecule has 0 atom stereocenters. The highest BCUT2D eigenvalue weighted by Gasteiger charge is 1.94. The van der Waals surface area contributed by atoms with Gasteiger partial charge in [-0.2, -0.15) is 0 Å². The van der Waals surface area contributed by atoms with Gasteiger partial charge in [-0.1, -0.05) is 6.07 Å². The molecule has 0 spiro atoms. The number of nitrogens with two attached hydrogens (primary N) is 6. The minimum Gasteiger partial charge on any atom is -0.399 e. The summed E-state index contributed by atoms with van der Waals surface area (Å²) in [5, 5.41) is 0. The second-order valence-electron chi connectivity index (χ2n) is 3.78. The number of nitrogen functional groups attached to an aromatic ring is 6. The first-order valence-corrected chi connectivity index (χ1v) is 5.21. The van der Waals surface area contributed by atoms with Crippen LogP contribution < -0.4 is 34.4 Å². The Kier molecular flexibility index (Phi) is 4.09. The van der Waals surface area contributed by atoms with E-state index in [2.05, 4.69) is 0 Å². The number of rotatable bonds is 0. The normalized spacial score (nSPS) is 9.33. The monoisotopic (exact) mass is 246 g/mol. The molecule has 0 bridgehead atoms. The molecule has 0 saturated heterocycles. The molecule has 0 saturated carbocycles. The molecule has 0 aliphatic heterocycles. The van der Waals surface area contributed by atoms with Crippen LogP contribution in [0.25, 0.3) is 0 Å². The van der Waals surface area contributed by atoms with Crippen LogP contribution >= 0.6 is 0 Å². The maximum atomic E-state index is 5.43. The topological polar surface area (TPSA) is 156 Å². The van der Waals surface area contributed by atoms with Crippen molar-refractivity contribution in [3.63, 3.8) is 0 Å². The first-order chi connectivity index (χ1) is 8.40. The first-order valence-electron chi connectivity index (χ1n) is 5.21. The predicted octanol–water partition coefficient (Wildman–Crippen LogP) is 0.866. The quantitative estimate of drug-likeness (QED) is 0.378. The lowest BCUT2D eigenvalue weighted by Crippen LogP contribution is -1.98. The fraction of sp³-hybridized carbons (Fsp3) is 0. The number of anilines is 6. The Morgan fingerprint density at radius 1 is 0.556 bits per heavy atom. The molecule has 2 aromatic carbocycles. The summed E-state index contributed by atoms with van der Waals surface area (Å²) >= 11 is 0. The minimum absolute atomic E-state index is 0.470. The van der Waals surface area contributed by atoms with Crippen molar-refractivity contribution in [3.8, 4) is 0 Å². The average molecular weight is 246 g/mol. The molecule has 18 heavy (non-hydrogen) atoms. The Balaban J connectivity index is 0.000000180. The first kappa shape index (κ1) is 13.3. The Bertz CT molecular complexity index is 467. The summed E-state index contributed by atoms with van der Waals surface area (Å²) in [4.78, 5) is 0. The molecule has 96 valence electrons. The van der Waals surface area contributed by atoms with E-state index in [1.807, 2.05) is 0 Å². The van der Waals surface area contributed by atoms with Crippen molar-refractivity contribution in [2.75, 3.05) is 34.4 Å². The second-order valence-corrected chi connectivity index (χ2v) is 3.78. The summed E-state index contributed by atoms with van der Waals surface area (Å²) in [5.74, 6) is 0. The van der Waals surface area contributed by atoms with Crippen molar-refractivity contribution in [1.82, 2.24) is 0 Å². The Hall–Kier alpha value is -2.76. The molecular formula is C12H18N6. The van der Waals surface area contributed by atoms with Crippen molar-refractivity contribution in [1.29, 1.82) is 0 Å². The maximum absolute atomic E-state index is 5.43. The Morgan fingerprint density at radius 2 is 0.889 bits per heavy atom. The largest absolute Gasteiger partial charge is 0.399 e. The summed E-state index contributed by atoms with van der Waals surface area (Å²) in [6.45, 7) is 0. The lowest BCUT2D eigenvalue weighted by atomic mass is 10.2. The smallest absolute Gasteiger partial charge is 0.0781 e. The summed E-state index contributed by atoms with van der Waals surface area (Å²) in [6, 6.07) is 10.2. The van der Waals surface area contributed by atoms with Gasteiger partial charge in [0.25, 0.3) is 0 Å². The van der Waals surface area contributed by atoms with E-state index in [4.69, 9.17) is 34.4 Å². The van der Waals surface area contributed by atoms with Crippen LogP contribution in [0.3, 0.4) is 0 Å². The summed E-state index contributed by atoms with van der Waals surface area (Å²) in [6.07, 6.45) is 0. The molecule has 0 aromatic heterocycles. The van der Waals surface area contributed by atoms with Gasteiger partial charge in [0.05, 0.1) is 17.1 Å². The van der Waals surface area contributed by atoms with E-state index in [1.165, 1.54) is 0 Å². The molecule has 6 heteroatoms. The van der Waals surface area contributed by atoms with Crippen LogP contribution in [0, 0.1) is 0 Å². The fourth-order valence-electron chi connectivity index (χ4n) is 1.30. The molecule has 0 fully saturated rings. The summed E-state index contributed by atoms with van der Waals surface area (Å²) in [5.41, 5.74) is 35.8. The SMILES string of the molecule is Nc1cc(N)cc(N)c1.Nc1cccc(N)c1N. The molecule has 0 amide bonds. The highest BCUT2D eigenvalue weighted by molar-refractivity contribution is 5.76. The van der Waals surface area contributed by atoms with E-state index in [9.17, 15) is 0 Å². The molecule has 0 unspecified atom stereocenters. The molecule has 0 heterocycles. The van der Waals surface area contributed by atoms with Gasteiger partial charge in [0.15, 0.2) is 0 Å². The molecule has 6 nitrogen and oxygen atoms in total. The number of para-hydroxylation sites is 1. The van der Waals surface area contributed by atoms with E-state index in [-0.39, 0.29) is 0 Å². The minimum atomic E-state index is 0.470. The number of hydrogen-bond donors (Lipinski definition) is 6. The average Bonchev–Trinajstić information content (AvgIpc) is 2.24. The van der Waals surface area contributed by atoms with Crippen LogP contribution in [-0.2, 0) is 0 Å². The van der Waals surface area contributed by atoms with Gasteiger partial charge >= 0.3 is 0 Å². The standard InChI is InChI=1S/2C6H9N3/c7-4-1-5(8)3-6(9)2-4;7-4-2-1-3-5(8)6(4)9/h2*1-3H,7-9H2. The highest BCUT2D eigenvalue weighted by atomic mass is 14.7. The molecule has 0 radical (unpaired) electrons. The summed E-state index contributed by atoms with van der Waals surface area (Å²) < 4.78 is 0. The predicted molar refractivity (Wildman–Crippen MR) is 79.4 cm³/mol. The van der Waals surface area contributed by atoms with Gasteiger partial charge in [-0.05, 0) is 30.3 Å². The van der Waals surface area contributed by atoms with Gasteiger partial charge in [-0.25, -0.2) is 0 Å². The van der Waals surface area contributed by atoms with Gasteiger partial charge in [0, 0.05) is 17.1 Å². The van der Waals surface area contributed by atoms with Gasteiger partial charge in [0.2, 0.25) is 0 Å². The van der Waals surface area contributed by atoms with E-state index in [0.29, 0.717) is 34.1 Å². The molecule has 0 aliphatic carbocycles. The van der Waals surface area contributed by atoms with Gasteiger partial charge in [-0.3, -0.25) is 0 Å². The van der Waals surface area contributed by atoms with Crippen molar-refractivity contribution in [3.05, 3.63) is 36.4 Å².